The molecule has 0 aliphatic heterocycles. The van der Waals surface area contributed by atoms with Gasteiger partial charge in [-0.15, -0.1) is 0 Å². The number of hydrogen-bond acceptors (Lipinski definition) is 2. The first-order valence-electron chi connectivity index (χ1n) is 6.74. The van der Waals surface area contributed by atoms with Gasteiger partial charge in [0.15, 0.2) is 11.6 Å². The first-order valence-corrected chi connectivity index (χ1v) is 6.74. The molecule has 0 saturated heterocycles. The lowest BCUT2D eigenvalue weighted by atomic mass is 9.95. The third kappa shape index (κ3) is 4.05. The number of para-hydroxylation sites is 1. The normalized spacial score (nSPS) is 11.9. The van der Waals surface area contributed by atoms with Crippen LogP contribution in [0.4, 0.5) is 4.39 Å². The molecule has 1 unspecified atom stereocenters. The molecule has 0 aromatic heterocycles. The molecule has 1 N–H and O–H groups in total. The number of benzene rings is 2. The van der Waals surface area contributed by atoms with Crippen molar-refractivity contribution in [3.8, 4) is 5.75 Å². The van der Waals surface area contributed by atoms with Gasteiger partial charge in [0, 0.05) is 0 Å². The molecule has 110 valence electrons. The van der Waals surface area contributed by atoms with Crippen LogP contribution in [-0.4, -0.2) is 17.7 Å². The zero-order chi connectivity index (χ0) is 15.2. The number of carbonyl (C=O) groups is 1. The molecule has 0 aliphatic rings. The van der Waals surface area contributed by atoms with Crippen molar-refractivity contribution < 1.29 is 19.0 Å². The lowest BCUT2D eigenvalue weighted by Gasteiger charge is -2.14. The maximum Gasteiger partial charge on any atom is 0.311 e. The second kappa shape index (κ2) is 6.88. The van der Waals surface area contributed by atoms with E-state index in [9.17, 15) is 14.3 Å². The molecule has 0 radical (unpaired) electrons. The average molecular weight is 288 g/mol. The molecule has 0 spiro atoms. The van der Waals surface area contributed by atoms with Crippen LogP contribution in [0.3, 0.4) is 0 Å². The largest absolute Gasteiger partial charge is 0.490 e. The molecule has 21 heavy (non-hydrogen) atoms. The Bertz CT molecular complexity index is 608. The van der Waals surface area contributed by atoms with Gasteiger partial charge in [0.25, 0.3) is 0 Å². The molecular formula is C17H17FO3. The van der Waals surface area contributed by atoms with E-state index in [0.717, 1.165) is 11.1 Å². The van der Waals surface area contributed by atoms with Crippen LogP contribution >= 0.6 is 0 Å². The van der Waals surface area contributed by atoms with Crippen molar-refractivity contribution in [3.05, 3.63) is 65.5 Å². The SMILES string of the molecule is Cc1ccc(C(CCOc2ccccc2F)C(=O)O)cc1. The van der Waals surface area contributed by atoms with Crippen molar-refractivity contribution in [2.75, 3.05) is 6.61 Å². The van der Waals surface area contributed by atoms with Gasteiger partial charge in [0.2, 0.25) is 0 Å². The zero-order valence-electron chi connectivity index (χ0n) is 11.8. The summed E-state index contributed by atoms with van der Waals surface area (Å²) in [6.07, 6.45) is 0.284. The Kier molecular flexibility index (Phi) is 4.93. The Hall–Kier alpha value is -2.36. The molecule has 0 bridgehead atoms. The summed E-state index contributed by atoms with van der Waals surface area (Å²) in [4.78, 5) is 11.4. The molecule has 2 aromatic carbocycles. The van der Waals surface area contributed by atoms with Crippen molar-refractivity contribution in [1.29, 1.82) is 0 Å². The van der Waals surface area contributed by atoms with Crippen LogP contribution in [0.1, 0.15) is 23.5 Å². The van der Waals surface area contributed by atoms with E-state index in [1.807, 2.05) is 19.1 Å². The standard InChI is InChI=1S/C17H17FO3/c1-12-6-8-13(9-7-12)14(17(19)20)10-11-21-16-5-3-2-4-15(16)18/h2-9,14H,10-11H2,1H3,(H,19,20). The molecule has 4 heteroatoms. The fourth-order valence-corrected chi connectivity index (χ4v) is 2.08. The maximum atomic E-state index is 13.4. The van der Waals surface area contributed by atoms with Crippen molar-refractivity contribution >= 4 is 5.97 Å². The van der Waals surface area contributed by atoms with E-state index in [4.69, 9.17) is 4.74 Å². The van der Waals surface area contributed by atoms with Gasteiger partial charge < -0.3 is 9.84 Å². The third-order valence-electron chi connectivity index (χ3n) is 3.28. The number of ether oxygens (including phenoxy) is 1. The summed E-state index contributed by atoms with van der Waals surface area (Å²) in [7, 11) is 0. The summed E-state index contributed by atoms with van der Waals surface area (Å²) in [6, 6.07) is 13.4. The van der Waals surface area contributed by atoms with E-state index < -0.39 is 17.7 Å². The third-order valence-corrected chi connectivity index (χ3v) is 3.28. The highest BCUT2D eigenvalue weighted by molar-refractivity contribution is 5.76. The van der Waals surface area contributed by atoms with E-state index in [1.165, 1.54) is 12.1 Å². The molecule has 0 heterocycles. The van der Waals surface area contributed by atoms with E-state index in [1.54, 1.807) is 24.3 Å². The molecule has 2 aromatic rings. The van der Waals surface area contributed by atoms with Gasteiger partial charge in [-0.25, -0.2) is 4.39 Å². The summed E-state index contributed by atoms with van der Waals surface area (Å²) in [6.45, 7) is 2.09. The van der Waals surface area contributed by atoms with Crippen molar-refractivity contribution in [2.24, 2.45) is 0 Å². The zero-order valence-corrected chi connectivity index (χ0v) is 11.8. The number of halogens is 1. The van der Waals surface area contributed by atoms with Gasteiger partial charge in [-0.05, 0) is 31.0 Å². The molecule has 0 aliphatic carbocycles. The number of rotatable bonds is 6. The first-order chi connectivity index (χ1) is 10.1. The highest BCUT2D eigenvalue weighted by Gasteiger charge is 2.19. The Morgan fingerprint density at radius 2 is 1.86 bits per heavy atom. The number of carboxylic acids is 1. The molecule has 0 fully saturated rings. The van der Waals surface area contributed by atoms with Crippen LogP contribution in [0.2, 0.25) is 0 Å². The fourth-order valence-electron chi connectivity index (χ4n) is 2.08. The quantitative estimate of drug-likeness (QED) is 0.880. The second-order valence-corrected chi connectivity index (χ2v) is 4.87. The molecule has 0 amide bonds. The summed E-state index contributed by atoms with van der Waals surface area (Å²) in [5, 5.41) is 9.32. The van der Waals surface area contributed by atoms with Crippen LogP contribution in [0.15, 0.2) is 48.5 Å². The summed E-state index contributed by atoms with van der Waals surface area (Å²) < 4.78 is 18.7. The van der Waals surface area contributed by atoms with Crippen LogP contribution in [-0.2, 0) is 4.79 Å². The smallest absolute Gasteiger partial charge is 0.311 e. The van der Waals surface area contributed by atoms with Gasteiger partial charge in [-0.2, -0.15) is 0 Å². The summed E-state index contributed by atoms with van der Waals surface area (Å²) in [5.74, 6) is -1.86. The van der Waals surface area contributed by atoms with Gasteiger partial charge in [-0.3, -0.25) is 4.79 Å². The van der Waals surface area contributed by atoms with E-state index >= 15 is 0 Å². The predicted octanol–water partition coefficient (Wildman–Crippen LogP) is 3.77. The van der Waals surface area contributed by atoms with Crippen LogP contribution < -0.4 is 4.74 Å². The minimum absolute atomic E-state index is 0.144. The van der Waals surface area contributed by atoms with Gasteiger partial charge in [0.1, 0.15) is 0 Å². The molecule has 3 nitrogen and oxygen atoms in total. The fraction of sp³-hybridized carbons (Fsp3) is 0.235. The minimum Gasteiger partial charge on any atom is -0.490 e. The highest BCUT2D eigenvalue weighted by atomic mass is 19.1. The number of carboxylic acid groups (broad SMARTS) is 1. The Labute approximate surface area is 123 Å². The Morgan fingerprint density at radius 1 is 1.19 bits per heavy atom. The molecule has 2 rings (SSSR count). The molecule has 1 atom stereocenters. The average Bonchev–Trinajstić information content (AvgIpc) is 2.46. The van der Waals surface area contributed by atoms with Crippen LogP contribution in [0, 0.1) is 12.7 Å². The van der Waals surface area contributed by atoms with E-state index in [-0.39, 0.29) is 18.8 Å². The number of hydrogen-bond donors (Lipinski definition) is 1. The number of aryl methyl sites for hydroxylation is 1. The second-order valence-electron chi connectivity index (χ2n) is 4.87. The van der Waals surface area contributed by atoms with Gasteiger partial charge >= 0.3 is 5.97 Å². The molecular weight excluding hydrogens is 271 g/mol. The van der Waals surface area contributed by atoms with Crippen LogP contribution in [0.5, 0.6) is 5.75 Å². The van der Waals surface area contributed by atoms with Gasteiger partial charge in [-0.1, -0.05) is 42.0 Å². The lowest BCUT2D eigenvalue weighted by molar-refractivity contribution is -0.139. The van der Waals surface area contributed by atoms with Crippen molar-refractivity contribution in [3.63, 3.8) is 0 Å². The maximum absolute atomic E-state index is 13.4. The predicted molar refractivity (Wildman–Crippen MR) is 78.1 cm³/mol. The van der Waals surface area contributed by atoms with Crippen LogP contribution in [0.25, 0.3) is 0 Å². The summed E-state index contributed by atoms with van der Waals surface area (Å²) in [5.41, 5.74) is 1.80. The minimum atomic E-state index is -0.906. The van der Waals surface area contributed by atoms with E-state index in [2.05, 4.69) is 0 Å². The van der Waals surface area contributed by atoms with Gasteiger partial charge in [0.05, 0.1) is 12.5 Å². The Balaban J connectivity index is 2.00. The number of aliphatic carboxylic acids is 1. The first kappa shape index (κ1) is 15.0. The van der Waals surface area contributed by atoms with E-state index in [0.29, 0.717) is 0 Å². The molecule has 0 saturated carbocycles. The topological polar surface area (TPSA) is 46.5 Å². The monoisotopic (exact) mass is 288 g/mol. The van der Waals surface area contributed by atoms with Crippen molar-refractivity contribution in [2.45, 2.75) is 19.3 Å². The lowest BCUT2D eigenvalue weighted by Crippen LogP contribution is -2.15. The highest BCUT2D eigenvalue weighted by Crippen LogP contribution is 2.22. The Morgan fingerprint density at radius 3 is 2.48 bits per heavy atom. The summed E-state index contributed by atoms with van der Waals surface area (Å²) >= 11 is 0. The van der Waals surface area contributed by atoms with Crippen molar-refractivity contribution in [1.82, 2.24) is 0 Å².